The normalized spacial score (nSPS) is 10.9. The van der Waals surface area contributed by atoms with Crippen molar-refractivity contribution in [1.82, 2.24) is 24.7 Å². The minimum Gasteiger partial charge on any atom is -0.334 e. The molecule has 0 aliphatic carbocycles. The number of nitrogens with zero attached hydrogens (tertiary/aromatic N) is 5. The molecule has 0 fully saturated rings. The van der Waals surface area contributed by atoms with Gasteiger partial charge in [-0.2, -0.15) is 5.10 Å². The highest BCUT2D eigenvalue weighted by atomic mass is 35.5. The number of rotatable bonds is 5. The predicted molar refractivity (Wildman–Crippen MR) is 103 cm³/mol. The SMILES string of the molecule is Cc1cc(C)n(-c2nnc(SCC(=O)Nc3cc(Cl)cc(Cl)c3)n2N)n1. The van der Waals surface area contributed by atoms with Crippen LogP contribution in [0, 0.1) is 13.8 Å². The highest BCUT2D eigenvalue weighted by Crippen LogP contribution is 2.23. The van der Waals surface area contributed by atoms with Gasteiger partial charge in [-0.1, -0.05) is 35.0 Å². The number of carbonyl (C=O) groups is 1. The van der Waals surface area contributed by atoms with Crippen molar-refractivity contribution in [2.24, 2.45) is 0 Å². The van der Waals surface area contributed by atoms with Crippen molar-refractivity contribution < 1.29 is 4.79 Å². The van der Waals surface area contributed by atoms with Crippen LogP contribution in [0.2, 0.25) is 10.0 Å². The van der Waals surface area contributed by atoms with Gasteiger partial charge in [0.25, 0.3) is 5.95 Å². The molecule has 2 heterocycles. The van der Waals surface area contributed by atoms with Crippen LogP contribution in [-0.2, 0) is 4.79 Å². The molecular formula is C15H15Cl2N7OS. The molecule has 0 aliphatic rings. The Morgan fingerprint density at radius 1 is 1.19 bits per heavy atom. The number of nitrogens with two attached hydrogens (primary N) is 1. The van der Waals surface area contributed by atoms with E-state index in [1.807, 2.05) is 19.9 Å². The number of nitrogens with one attached hydrogen (secondary N) is 1. The molecule has 0 saturated carbocycles. The standard InChI is InChI=1S/C15H15Cl2N7OS/c1-8-3-9(2)24(22-8)14-20-21-15(23(14)18)26-7-13(25)19-12-5-10(16)4-11(17)6-12/h3-6H,7,18H2,1-2H3,(H,19,25). The number of anilines is 1. The minimum atomic E-state index is -0.246. The van der Waals surface area contributed by atoms with Crippen molar-refractivity contribution in [3.05, 3.63) is 45.7 Å². The molecule has 2 aromatic heterocycles. The van der Waals surface area contributed by atoms with Crippen LogP contribution in [0.4, 0.5) is 5.69 Å². The molecule has 0 atom stereocenters. The van der Waals surface area contributed by atoms with E-state index in [1.165, 1.54) is 4.68 Å². The number of hydrogen-bond donors (Lipinski definition) is 2. The average Bonchev–Trinajstić information content (AvgIpc) is 3.06. The molecule has 3 N–H and O–H groups in total. The third kappa shape index (κ3) is 4.12. The summed E-state index contributed by atoms with van der Waals surface area (Å²) in [5.74, 6) is 6.26. The Balaban J connectivity index is 1.66. The van der Waals surface area contributed by atoms with Crippen LogP contribution < -0.4 is 11.2 Å². The van der Waals surface area contributed by atoms with Crippen LogP contribution in [0.3, 0.4) is 0 Å². The third-order valence-electron chi connectivity index (χ3n) is 3.32. The fourth-order valence-electron chi connectivity index (χ4n) is 2.30. The summed E-state index contributed by atoms with van der Waals surface area (Å²) in [6, 6.07) is 6.72. The second-order valence-electron chi connectivity index (χ2n) is 5.49. The lowest BCUT2D eigenvalue weighted by Gasteiger charge is -2.07. The highest BCUT2D eigenvalue weighted by molar-refractivity contribution is 7.99. The molecular weight excluding hydrogens is 397 g/mol. The van der Waals surface area contributed by atoms with Crippen molar-refractivity contribution in [3.8, 4) is 5.95 Å². The van der Waals surface area contributed by atoms with E-state index in [4.69, 9.17) is 29.0 Å². The lowest BCUT2D eigenvalue weighted by molar-refractivity contribution is -0.113. The van der Waals surface area contributed by atoms with Gasteiger partial charge in [-0.3, -0.25) is 4.79 Å². The van der Waals surface area contributed by atoms with E-state index < -0.39 is 0 Å². The molecule has 26 heavy (non-hydrogen) atoms. The van der Waals surface area contributed by atoms with E-state index in [2.05, 4.69) is 20.6 Å². The molecule has 0 bridgehead atoms. The molecule has 0 unspecified atom stereocenters. The molecule has 8 nitrogen and oxygen atoms in total. The quantitative estimate of drug-likeness (QED) is 0.494. The van der Waals surface area contributed by atoms with Gasteiger partial charge in [0.05, 0.1) is 11.4 Å². The van der Waals surface area contributed by atoms with E-state index in [1.54, 1.807) is 22.9 Å². The van der Waals surface area contributed by atoms with Crippen molar-refractivity contribution in [1.29, 1.82) is 0 Å². The van der Waals surface area contributed by atoms with Crippen LogP contribution in [0.5, 0.6) is 0 Å². The van der Waals surface area contributed by atoms with Gasteiger partial charge >= 0.3 is 0 Å². The van der Waals surface area contributed by atoms with Crippen LogP contribution in [0.25, 0.3) is 5.95 Å². The maximum Gasteiger partial charge on any atom is 0.271 e. The molecule has 3 rings (SSSR count). The van der Waals surface area contributed by atoms with Crippen molar-refractivity contribution >= 4 is 46.6 Å². The summed E-state index contributed by atoms with van der Waals surface area (Å²) in [6.45, 7) is 3.77. The molecule has 0 aliphatic heterocycles. The monoisotopic (exact) mass is 411 g/mol. The largest absolute Gasteiger partial charge is 0.334 e. The molecule has 0 radical (unpaired) electrons. The van der Waals surface area contributed by atoms with Crippen molar-refractivity contribution in [2.45, 2.75) is 19.0 Å². The first-order valence-electron chi connectivity index (χ1n) is 7.46. The van der Waals surface area contributed by atoms with Crippen LogP contribution in [0.1, 0.15) is 11.4 Å². The summed E-state index contributed by atoms with van der Waals surface area (Å²) >= 11 is 13.0. The number of halogens is 2. The second kappa shape index (κ2) is 7.56. The summed E-state index contributed by atoms with van der Waals surface area (Å²) in [5, 5.41) is 16.4. The molecule has 1 aromatic carbocycles. The van der Waals surface area contributed by atoms with E-state index in [-0.39, 0.29) is 11.7 Å². The lowest BCUT2D eigenvalue weighted by atomic mass is 10.3. The maximum atomic E-state index is 12.1. The van der Waals surface area contributed by atoms with Gasteiger partial charge in [0.1, 0.15) is 0 Å². The Kier molecular flexibility index (Phi) is 5.40. The predicted octanol–water partition coefficient (Wildman–Crippen LogP) is 2.83. The molecule has 0 saturated heterocycles. The molecule has 0 spiro atoms. The van der Waals surface area contributed by atoms with Crippen LogP contribution >= 0.6 is 35.0 Å². The number of nitrogen functional groups attached to an aromatic ring is 1. The first-order chi connectivity index (χ1) is 12.3. The Bertz CT molecular complexity index is 949. The Hall–Kier alpha value is -2.23. The van der Waals surface area contributed by atoms with Gasteiger partial charge < -0.3 is 11.2 Å². The van der Waals surface area contributed by atoms with Crippen molar-refractivity contribution in [3.63, 3.8) is 0 Å². The second-order valence-corrected chi connectivity index (χ2v) is 7.30. The zero-order chi connectivity index (χ0) is 18.8. The smallest absolute Gasteiger partial charge is 0.271 e. The summed E-state index contributed by atoms with van der Waals surface area (Å²) in [5.41, 5.74) is 2.25. The fourth-order valence-corrected chi connectivity index (χ4v) is 3.47. The van der Waals surface area contributed by atoms with E-state index >= 15 is 0 Å². The van der Waals surface area contributed by atoms with Gasteiger partial charge in [-0.15, -0.1) is 10.2 Å². The summed E-state index contributed by atoms with van der Waals surface area (Å²) in [4.78, 5) is 12.1. The molecule has 136 valence electrons. The third-order valence-corrected chi connectivity index (χ3v) is 4.70. The molecule has 1 amide bonds. The fraction of sp³-hybridized carbons (Fsp3) is 0.200. The number of benzene rings is 1. The number of thioether (sulfide) groups is 1. The van der Waals surface area contributed by atoms with Crippen molar-refractivity contribution in [2.75, 3.05) is 16.9 Å². The molecule has 11 heteroatoms. The van der Waals surface area contributed by atoms with E-state index in [0.717, 1.165) is 23.1 Å². The maximum absolute atomic E-state index is 12.1. The van der Waals surface area contributed by atoms with Gasteiger partial charge in [0.15, 0.2) is 0 Å². The highest BCUT2D eigenvalue weighted by Gasteiger charge is 2.16. The van der Waals surface area contributed by atoms with Crippen LogP contribution in [0.15, 0.2) is 29.4 Å². The Morgan fingerprint density at radius 3 is 2.50 bits per heavy atom. The minimum absolute atomic E-state index is 0.0938. The summed E-state index contributed by atoms with van der Waals surface area (Å²) in [7, 11) is 0. The zero-order valence-corrected chi connectivity index (χ0v) is 16.2. The number of amides is 1. The van der Waals surface area contributed by atoms with Gasteiger partial charge in [0.2, 0.25) is 11.1 Å². The van der Waals surface area contributed by atoms with Gasteiger partial charge in [-0.25, -0.2) is 9.36 Å². The van der Waals surface area contributed by atoms with Gasteiger partial charge in [0, 0.05) is 21.4 Å². The van der Waals surface area contributed by atoms with E-state index in [9.17, 15) is 4.79 Å². The average molecular weight is 412 g/mol. The Morgan fingerprint density at radius 2 is 1.88 bits per heavy atom. The van der Waals surface area contributed by atoms with Crippen LogP contribution in [-0.4, -0.2) is 36.3 Å². The van der Waals surface area contributed by atoms with E-state index in [0.29, 0.717) is 26.8 Å². The molecule has 3 aromatic rings. The topological polar surface area (TPSA) is 104 Å². The Labute approximate surface area is 163 Å². The lowest BCUT2D eigenvalue weighted by Crippen LogP contribution is -2.18. The zero-order valence-electron chi connectivity index (χ0n) is 13.9. The number of aryl methyl sites for hydroxylation is 2. The number of aromatic nitrogens is 5. The summed E-state index contributed by atoms with van der Waals surface area (Å²) in [6.07, 6.45) is 0. The first kappa shape index (κ1) is 18.6. The number of carbonyl (C=O) groups excluding carboxylic acids is 1. The number of hydrogen-bond acceptors (Lipinski definition) is 6. The first-order valence-corrected chi connectivity index (χ1v) is 9.20. The van der Waals surface area contributed by atoms with Gasteiger partial charge in [-0.05, 0) is 38.1 Å². The summed E-state index contributed by atoms with van der Waals surface area (Å²) < 4.78 is 2.90.